The first-order valence-electron chi connectivity index (χ1n) is 5.46. The Morgan fingerprint density at radius 3 is 2.89 bits per heavy atom. The van der Waals surface area contributed by atoms with Gasteiger partial charge < -0.3 is 0 Å². The maximum absolute atomic E-state index is 12.1. The molecule has 1 aliphatic rings. The fourth-order valence-electron chi connectivity index (χ4n) is 1.79. The van der Waals surface area contributed by atoms with Crippen LogP contribution in [-0.2, 0) is 27.3 Å². The SMILES string of the molecule is Cc1nc2n(c(=O)c1CCOS(C)(=O)=O)CCS2. The summed E-state index contributed by atoms with van der Waals surface area (Å²) < 4.78 is 28.0. The van der Waals surface area contributed by atoms with Crippen molar-refractivity contribution in [2.75, 3.05) is 18.6 Å². The van der Waals surface area contributed by atoms with Crippen molar-refractivity contribution in [2.45, 2.75) is 25.0 Å². The van der Waals surface area contributed by atoms with Crippen molar-refractivity contribution in [3.8, 4) is 0 Å². The number of thioether (sulfide) groups is 1. The van der Waals surface area contributed by atoms with Gasteiger partial charge in [-0.25, -0.2) is 4.98 Å². The zero-order valence-corrected chi connectivity index (χ0v) is 11.8. The first-order valence-corrected chi connectivity index (χ1v) is 8.26. The van der Waals surface area contributed by atoms with Crippen molar-refractivity contribution in [1.29, 1.82) is 0 Å². The molecule has 2 rings (SSSR count). The highest BCUT2D eigenvalue weighted by atomic mass is 32.2. The van der Waals surface area contributed by atoms with Crippen molar-refractivity contribution in [2.24, 2.45) is 0 Å². The van der Waals surface area contributed by atoms with E-state index < -0.39 is 10.1 Å². The molecule has 1 aromatic rings. The van der Waals surface area contributed by atoms with Crippen molar-refractivity contribution < 1.29 is 12.6 Å². The van der Waals surface area contributed by atoms with Gasteiger partial charge in [-0.3, -0.25) is 13.5 Å². The number of aryl methyl sites for hydroxylation is 1. The van der Waals surface area contributed by atoms with Crippen LogP contribution in [0.5, 0.6) is 0 Å². The molecule has 0 spiro atoms. The van der Waals surface area contributed by atoms with Gasteiger partial charge in [0.25, 0.3) is 15.7 Å². The van der Waals surface area contributed by atoms with E-state index in [1.54, 1.807) is 23.3 Å². The highest BCUT2D eigenvalue weighted by Gasteiger charge is 2.18. The third-order valence-electron chi connectivity index (χ3n) is 2.63. The molecule has 0 unspecified atom stereocenters. The lowest BCUT2D eigenvalue weighted by molar-refractivity contribution is 0.324. The average Bonchev–Trinajstić information content (AvgIpc) is 2.69. The molecule has 0 amide bonds. The van der Waals surface area contributed by atoms with Crippen molar-refractivity contribution >= 4 is 21.9 Å². The van der Waals surface area contributed by atoms with Crippen LogP contribution >= 0.6 is 11.8 Å². The van der Waals surface area contributed by atoms with Crippen molar-refractivity contribution in [1.82, 2.24) is 9.55 Å². The standard InChI is InChI=1S/C10H14N2O4S2/c1-7-8(3-5-16-18(2,14)15)9(13)12-4-6-17-10(12)11-7/h3-6H2,1-2H3. The molecule has 1 aliphatic heterocycles. The van der Waals surface area contributed by atoms with Crippen LogP contribution in [-0.4, -0.2) is 36.6 Å². The van der Waals surface area contributed by atoms with E-state index in [0.717, 1.165) is 17.2 Å². The summed E-state index contributed by atoms with van der Waals surface area (Å²) in [6.07, 6.45) is 1.25. The summed E-state index contributed by atoms with van der Waals surface area (Å²) in [7, 11) is -3.46. The second-order valence-corrected chi connectivity index (χ2v) is 6.75. The first-order chi connectivity index (χ1) is 8.38. The van der Waals surface area contributed by atoms with Crippen LogP contribution in [0.15, 0.2) is 9.95 Å². The predicted octanol–water partition coefficient (Wildman–Crippen LogP) is 0.176. The minimum Gasteiger partial charge on any atom is -0.287 e. The lowest BCUT2D eigenvalue weighted by atomic mass is 10.2. The van der Waals surface area contributed by atoms with Gasteiger partial charge >= 0.3 is 0 Å². The smallest absolute Gasteiger partial charge is 0.264 e. The summed E-state index contributed by atoms with van der Waals surface area (Å²) in [5.74, 6) is 0.852. The van der Waals surface area contributed by atoms with E-state index in [9.17, 15) is 13.2 Å². The molecule has 8 heteroatoms. The van der Waals surface area contributed by atoms with Crippen LogP contribution in [0, 0.1) is 6.92 Å². The Labute approximate surface area is 109 Å². The molecule has 0 saturated heterocycles. The second-order valence-electron chi connectivity index (χ2n) is 4.04. The van der Waals surface area contributed by atoms with E-state index in [2.05, 4.69) is 9.17 Å². The van der Waals surface area contributed by atoms with Gasteiger partial charge in [-0.2, -0.15) is 8.42 Å². The molecular formula is C10H14N2O4S2. The van der Waals surface area contributed by atoms with Gasteiger partial charge in [0.15, 0.2) is 5.16 Å². The number of aromatic nitrogens is 2. The van der Waals surface area contributed by atoms with E-state index in [0.29, 0.717) is 17.8 Å². The average molecular weight is 290 g/mol. The molecule has 0 radical (unpaired) electrons. The van der Waals surface area contributed by atoms with Gasteiger partial charge in [0.05, 0.1) is 12.9 Å². The van der Waals surface area contributed by atoms with E-state index in [1.165, 1.54) is 0 Å². The second kappa shape index (κ2) is 5.02. The van der Waals surface area contributed by atoms with E-state index in [1.807, 2.05) is 0 Å². The molecular weight excluding hydrogens is 276 g/mol. The van der Waals surface area contributed by atoms with Crippen LogP contribution in [0.25, 0.3) is 0 Å². The molecule has 6 nitrogen and oxygen atoms in total. The molecule has 2 heterocycles. The molecule has 0 saturated carbocycles. The first kappa shape index (κ1) is 13.6. The Balaban J connectivity index is 2.21. The molecule has 0 atom stereocenters. The fraction of sp³-hybridized carbons (Fsp3) is 0.600. The molecule has 0 N–H and O–H groups in total. The summed E-state index contributed by atoms with van der Waals surface area (Å²) in [6.45, 7) is 2.39. The van der Waals surface area contributed by atoms with Crippen LogP contribution in [0.1, 0.15) is 11.3 Å². The van der Waals surface area contributed by atoms with Gasteiger partial charge in [0.1, 0.15) is 0 Å². The Hall–Kier alpha value is -0.860. The lowest BCUT2D eigenvalue weighted by Gasteiger charge is -2.08. The number of nitrogens with zero attached hydrogens (tertiary/aromatic N) is 2. The largest absolute Gasteiger partial charge is 0.287 e. The Morgan fingerprint density at radius 1 is 1.50 bits per heavy atom. The lowest BCUT2D eigenvalue weighted by Crippen LogP contribution is -2.26. The number of rotatable bonds is 4. The summed E-state index contributed by atoms with van der Waals surface area (Å²) in [5, 5.41) is 0.741. The number of hydrogen-bond donors (Lipinski definition) is 0. The van der Waals surface area contributed by atoms with Gasteiger partial charge in [0, 0.05) is 30.0 Å². The maximum atomic E-state index is 12.1. The molecule has 0 aromatic carbocycles. The number of hydrogen-bond acceptors (Lipinski definition) is 6. The van der Waals surface area contributed by atoms with Crippen LogP contribution in [0.4, 0.5) is 0 Å². The quantitative estimate of drug-likeness (QED) is 0.581. The topological polar surface area (TPSA) is 78.3 Å². The fourth-order valence-corrected chi connectivity index (χ4v) is 3.17. The van der Waals surface area contributed by atoms with E-state index in [4.69, 9.17) is 0 Å². The molecule has 0 bridgehead atoms. The van der Waals surface area contributed by atoms with E-state index in [-0.39, 0.29) is 18.6 Å². The highest BCUT2D eigenvalue weighted by molar-refractivity contribution is 7.99. The van der Waals surface area contributed by atoms with Crippen LogP contribution in [0.2, 0.25) is 0 Å². The minimum absolute atomic E-state index is 0.0247. The third-order valence-corrected chi connectivity index (χ3v) is 4.18. The maximum Gasteiger partial charge on any atom is 0.264 e. The molecule has 0 fully saturated rings. The Morgan fingerprint density at radius 2 is 2.22 bits per heavy atom. The summed E-state index contributed by atoms with van der Waals surface area (Å²) >= 11 is 1.56. The summed E-state index contributed by atoms with van der Waals surface area (Å²) in [6, 6.07) is 0. The normalized spacial score (nSPS) is 14.8. The van der Waals surface area contributed by atoms with Crippen LogP contribution < -0.4 is 5.56 Å². The molecule has 100 valence electrons. The van der Waals surface area contributed by atoms with Crippen LogP contribution in [0.3, 0.4) is 0 Å². The number of fused-ring (bicyclic) bond motifs is 1. The van der Waals surface area contributed by atoms with Gasteiger partial charge in [0.2, 0.25) is 0 Å². The van der Waals surface area contributed by atoms with Crippen molar-refractivity contribution in [3.05, 3.63) is 21.6 Å². The Bertz CT molecular complexity index is 622. The highest BCUT2D eigenvalue weighted by Crippen LogP contribution is 2.22. The Kier molecular flexibility index (Phi) is 3.79. The van der Waals surface area contributed by atoms with Gasteiger partial charge in [-0.1, -0.05) is 11.8 Å². The summed E-state index contributed by atoms with van der Waals surface area (Å²) in [5.41, 5.74) is 1.10. The molecule has 18 heavy (non-hydrogen) atoms. The zero-order chi connectivity index (χ0) is 13.3. The third kappa shape index (κ3) is 2.93. The summed E-state index contributed by atoms with van der Waals surface area (Å²) in [4.78, 5) is 16.5. The minimum atomic E-state index is -3.46. The zero-order valence-electron chi connectivity index (χ0n) is 10.2. The molecule has 1 aromatic heterocycles. The predicted molar refractivity (Wildman–Crippen MR) is 68.5 cm³/mol. The van der Waals surface area contributed by atoms with E-state index >= 15 is 0 Å². The monoisotopic (exact) mass is 290 g/mol. The molecule has 0 aliphatic carbocycles. The van der Waals surface area contributed by atoms with Gasteiger partial charge in [-0.05, 0) is 6.92 Å². The van der Waals surface area contributed by atoms with Crippen molar-refractivity contribution in [3.63, 3.8) is 0 Å². The van der Waals surface area contributed by atoms with Gasteiger partial charge in [-0.15, -0.1) is 0 Å².